The molecule has 24 heavy (non-hydrogen) atoms. The standard InChI is InChI=1S/C16H16F3N3O2/c17-16(18,19)24-13-3-1-12(2-4-13)14-15(23)21-7-8-22(14)10-11-5-6-20-9-11/h1-6,9,14,20H,7-8,10H2,(H,21,23)/t14-/m1/s1. The van der Waals surface area contributed by atoms with Crippen molar-refractivity contribution < 1.29 is 22.7 Å². The van der Waals surface area contributed by atoms with Crippen LogP contribution in [0.5, 0.6) is 5.75 Å². The van der Waals surface area contributed by atoms with E-state index >= 15 is 0 Å². The van der Waals surface area contributed by atoms with Gasteiger partial charge in [0, 0.05) is 32.0 Å². The lowest BCUT2D eigenvalue weighted by Gasteiger charge is -2.35. The summed E-state index contributed by atoms with van der Waals surface area (Å²) in [7, 11) is 0. The van der Waals surface area contributed by atoms with Crippen LogP contribution in [0.2, 0.25) is 0 Å². The van der Waals surface area contributed by atoms with Crippen molar-refractivity contribution in [1.29, 1.82) is 0 Å². The van der Waals surface area contributed by atoms with Crippen molar-refractivity contribution in [2.24, 2.45) is 0 Å². The van der Waals surface area contributed by atoms with E-state index in [2.05, 4.69) is 15.0 Å². The first kappa shape index (κ1) is 16.4. The number of hydrogen-bond donors (Lipinski definition) is 2. The molecule has 2 N–H and O–H groups in total. The summed E-state index contributed by atoms with van der Waals surface area (Å²) in [6.45, 7) is 1.76. The Morgan fingerprint density at radius 3 is 2.58 bits per heavy atom. The molecule has 0 saturated carbocycles. The molecule has 128 valence electrons. The van der Waals surface area contributed by atoms with Gasteiger partial charge in [0.2, 0.25) is 5.91 Å². The number of piperazine rings is 1. The smallest absolute Gasteiger partial charge is 0.406 e. The van der Waals surface area contributed by atoms with Crippen molar-refractivity contribution in [3.8, 4) is 5.75 Å². The number of halogens is 3. The second-order valence-electron chi connectivity index (χ2n) is 5.50. The van der Waals surface area contributed by atoms with E-state index in [1.165, 1.54) is 24.3 Å². The van der Waals surface area contributed by atoms with Crippen molar-refractivity contribution in [3.63, 3.8) is 0 Å². The van der Waals surface area contributed by atoms with E-state index in [-0.39, 0.29) is 11.7 Å². The lowest BCUT2D eigenvalue weighted by atomic mass is 10.0. The number of ether oxygens (including phenoxy) is 1. The van der Waals surface area contributed by atoms with Gasteiger partial charge in [-0.05, 0) is 29.3 Å². The van der Waals surface area contributed by atoms with Crippen molar-refractivity contribution in [3.05, 3.63) is 53.9 Å². The maximum Gasteiger partial charge on any atom is 0.573 e. The van der Waals surface area contributed by atoms with Gasteiger partial charge < -0.3 is 15.0 Å². The Kier molecular flexibility index (Phi) is 4.48. The fourth-order valence-corrected chi connectivity index (χ4v) is 2.79. The van der Waals surface area contributed by atoms with Crippen molar-refractivity contribution >= 4 is 5.91 Å². The molecule has 1 aliphatic heterocycles. The number of nitrogens with zero attached hydrogens (tertiary/aromatic N) is 1. The number of nitrogens with one attached hydrogen (secondary N) is 2. The van der Waals surface area contributed by atoms with Crippen LogP contribution in [0.4, 0.5) is 13.2 Å². The first-order valence-electron chi connectivity index (χ1n) is 7.41. The molecule has 0 radical (unpaired) electrons. The normalized spacial score (nSPS) is 19.1. The molecular formula is C16H16F3N3O2. The van der Waals surface area contributed by atoms with E-state index in [9.17, 15) is 18.0 Å². The number of aromatic nitrogens is 1. The fourth-order valence-electron chi connectivity index (χ4n) is 2.79. The van der Waals surface area contributed by atoms with Gasteiger partial charge >= 0.3 is 6.36 Å². The molecule has 1 aromatic heterocycles. The highest BCUT2D eigenvalue weighted by Crippen LogP contribution is 2.28. The summed E-state index contributed by atoms with van der Waals surface area (Å²) in [5.41, 5.74) is 1.66. The van der Waals surface area contributed by atoms with Gasteiger partial charge in [0.15, 0.2) is 0 Å². The van der Waals surface area contributed by atoms with Crippen molar-refractivity contribution in [2.45, 2.75) is 18.9 Å². The topological polar surface area (TPSA) is 57.4 Å². The van der Waals surface area contributed by atoms with Gasteiger partial charge in [0.25, 0.3) is 0 Å². The number of aromatic amines is 1. The van der Waals surface area contributed by atoms with Gasteiger partial charge in [-0.25, -0.2) is 0 Å². The molecule has 1 atom stereocenters. The first-order chi connectivity index (χ1) is 11.4. The molecule has 8 heteroatoms. The Balaban J connectivity index is 1.79. The van der Waals surface area contributed by atoms with Crippen molar-refractivity contribution in [2.75, 3.05) is 13.1 Å². The van der Waals surface area contributed by atoms with Gasteiger partial charge in [0.1, 0.15) is 11.8 Å². The second-order valence-corrected chi connectivity index (χ2v) is 5.50. The molecule has 0 aliphatic carbocycles. The molecule has 1 aromatic carbocycles. The van der Waals surface area contributed by atoms with Crippen LogP contribution in [0.1, 0.15) is 17.2 Å². The Hall–Kier alpha value is -2.48. The first-order valence-corrected chi connectivity index (χ1v) is 7.41. The zero-order valence-electron chi connectivity index (χ0n) is 12.6. The maximum absolute atomic E-state index is 12.3. The molecule has 0 unspecified atom stereocenters. The summed E-state index contributed by atoms with van der Waals surface area (Å²) in [5, 5.41) is 2.79. The highest BCUT2D eigenvalue weighted by molar-refractivity contribution is 5.84. The number of benzene rings is 1. The molecule has 2 aromatic rings. The van der Waals surface area contributed by atoms with Crippen LogP contribution in [-0.2, 0) is 11.3 Å². The number of amides is 1. The van der Waals surface area contributed by atoms with E-state index in [0.29, 0.717) is 25.2 Å². The monoisotopic (exact) mass is 339 g/mol. The Labute approximate surface area is 136 Å². The SMILES string of the molecule is O=C1NCCN(Cc2cc[nH]c2)[C@@H]1c1ccc(OC(F)(F)F)cc1. The van der Waals surface area contributed by atoms with Crippen LogP contribution in [0, 0.1) is 0 Å². The minimum absolute atomic E-state index is 0.165. The summed E-state index contributed by atoms with van der Waals surface area (Å²) in [4.78, 5) is 17.2. The molecule has 3 rings (SSSR count). The van der Waals surface area contributed by atoms with Crippen LogP contribution >= 0.6 is 0 Å². The number of H-pyrrole nitrogens is 1. The third-order valence-corrected chi connectivity index (χ3v) is 3.79. The maximum atomic E-state index is 12.3. The lowest BCUT2D eigenvalue weighted by Crippen LogP contribution is -2.49. The van der Waals surface area contributed by atoms with Gasteiger partial charge in [-0.3, -0.25) is 9.69 Å². The number of hydrogen-bond acceptors (Lipinski definition) is 3. The van der Waals surface area contributed by atoms with E-state index in [4.69, 9.17) is 0 Å². The van der Waals surface area contributed by atoms with E-state index in [0.717, 1.165) is 5.56 Å². The molecule has 0 bridgehead atoms. The largest absolute Gasteiger partial charge is 0.573 e. The van der Waals surface area contributed by atoms with Crippen LogP contribution in [0.25, 0.3) is 0 Å². The van der Waals surface area contributed by atoms with Crippen molar-refractivity contribution in [1.82, 2.24) is 15.2 Å². The number of carbonyl (C=O) groups is 1. The summed E-state index contributed by atoms with van der Waals surface area (Å²) < 4.78 is 40.6. The summed E-state index contributed by atoms with van der Waals surface area (Å²) in [5.74, 6) is -0.471. The minimum Gasteiger partial charge on any atom is -0.406 e. The number of alkyl halides is 3. The van der Waals surface area contributed by atoms with Gasteiger partial charge in [-0.15, -0.1) is 13.2 Å². The molecule has 0 spiro atoms. The number of carbonyl (C=O) groups excluding carboxylic acids is 1. The van der Waals surface area contributed by atoms with Gasteiger partial charge in [-0.2, -0.15) is 0 Å². The van der Waals surface area contributed by atoms with E-state index in [1.54, 1.807) is 6.20 Å². The molecule has 2 heterocycles. The van der Waals surface area contributed by atoms with Gasteiger partial charge in [0.05, 0.1) is 0 Å². The van der Waals surface area contributed by atoms with Crippen LogP contribution in [-0.4, -0.2) is 35.2 Å². The van der Waals surface area contributed by atoms with Gasteiger partial charge in [-0.1, -0.05) is 12.1 Å². The van der Waals surface area contributed by atoms with E-state index < -0.39 is 12.4 Å². The van der Waals surface area contributed by atoms with Crippen LogP contribution in [0.3, 0.4) is 0 Å². The zero-order chi connectivity index (χ0) is 17.2. The third kappa shape index (κ3) is 3.88. The molecule has 1 saturated heterocycles. The highest BCUT2D eigenvalue weighted by atomic mass is 19.4. The minimum atomic E-state index is -4.73. The molecule has 1 fully saturated rings. The molecule has 1 amide bonds. The number of rotatable bonds is 4. The molecule has 1 aliphatic rings. The fraction of sp³-hybridized carbons (Fsp3) is 0.312. The predicted octanol–water partition coefficient (Wildman–Crippen LogP) is 2.59. The highest BCUT2D eigenvalue weighted by Gasteiger charge is 2.33. The summed E-state index contributed by atoms with van der Waals surface area (Å²) >= 11 is 0. The van der Waals surface area contributed by atoms with Crippen LogP contribution in [0.15, 0.2) is 42.7 Å². The third-order valence-electron chi connectivity index (χ3n) is 3.79. The Morgan fingerprint density at radius 1 is 1.21 bits per heavy atom. The molecule has 5 nitrogen and oxygen atoms in total. The zero-order valence-corrected chi connectivity index (χ0v) is 12.6. The quantitative estimate of drug-likeness (QED) is 0.900. The average molecular weight is 339 g/mol. The predicted molar refractivity (Wildman–Crippen MR) is 80.1 cm³/mol. The second kappa shape index (κ2) is 6.56. The summed E-state index contributed by atoms with van der Waals surface area (Å²) in [6, 6.07) is 6.79. The summed E-state index contributed by atoms with van der Waals surface area (Å²) in [6.07, 6.45) is -1.08. The molecular weight excluding hydrogens is 323 g/mol. The lowest BCUT2D eigenvalue weighted by molar-refractivity contribution is -0.274. The Bertz CT molecular complexity index is 684. The van der Waals surface area contributed by atoms with Crippen LogP contribution < -0.4 is 10.1 Å². The van der Waals surface area contributed by atoms with E-state index in [1.807, 2.05) is 17.2 Å². The average Bonchev–Trinajstić information content (AvgIpc) is 3.00. The Morgan fingerprint density at radius 2 is 1.96 bits per heavy atom.